The van der Waals surface area contributed by atoms with Crippen molar-refractivity contribution in [1.29, 1.82) is 0 Å². The second-order valence-corrected chi connectivity index (χ2v) is 5.55. The Morgan fingerprint density at radius 1 is 1.33 bits per heavy atom. The smallest absolute Gasteiger partial charge is 0.254 e. The Morgan fingerprint density at radius 2 is 2.08 bits per heavy atom. The zero-order valence-corrected chi connectivity index (χ0v) is 14.3. The molecule has 8 heteroatoms. The second-order valence-electron chi connectivity index (χ2n) is 5.55. The average Bonchev–Trinajstić information content (AvgIpc) is 3.19. The van der Waals surface area contributed by atoms with Gasteiger partial charge in [0.05, 0.1) is 17.8 Å². The molecule has 0 fully saturated rings. The number of aromatic nitrogens is 4. The SMILES string of the molecule is CCC(CC)n1ncc(C(=O)NCCC(=O)Nc2ncc[nH]2)c1C. The number of rotatable bonds is 8. The standard InChI is InChI=1S/C16H24N6O2/c1-4-12(5-2)22-11(3)13(10-20-22)15(24)17-7-6-14(23)21-16-18-8-9-19-16/h8-10,12H,4-7H2,1-3H3,(H,17,24)(H2,18,19,21,23). The van der Waals surface area contributed by atoms with Crippen LogP contribution in [0.1, 0.15) is 55.2 Å². The van der Waals surface area contributed by atoms with Crippen LogP contribution in [0.25, 0.3) is 0 Å². The van der Waals surface area contributed by atoms with Gasteiger partial charge in [0.15, 0.2) is 0 Å². The third kappa shape index (κ3) is 4.21. The summed E-state index contributed by atoms with van der Waals surface area (Å²) in [7, 11) is 0. The van der Waals surface area contributed by atoms with Crippen molar-refractivity contribution in [2.45, 2.75) is 46.1 Å². The molecule has 0 aromatic carbocycles. The largest absolute Gasteiger partial charge is 0.351 e. The number of nitrogens with zero attached hydrogens (tertiary/aromatic N) is 3. The van der Waals surface area contributed by atoms with Crippen molar-refractivity contribution >= 4 is 17.8 Å². The van der Waals surface area contributed by atoms with Crippen LogP contribution >= 0.6 is 0 Å². The molecule has 0 spiro atoms. The lowest BCUT2D eigenvalue weighted by Crippen LogP contribution is -2.28. The lowest BCUT2D eigenvalue weighted by Gasteiger charge is -2.15. The summed E-state index contributed by atoms with van der Waals surface area (Å²) in [6.45, 7) is 6.35. The summed E-state index contributed by atoms with van der Waals surface area (Å²) in [5, 5.41) is 9.70. The minimum atomic E-state index is -0.213. The number of carbonyl (C=O) groups is 2. The van der Waals surface area contributed by atoms with E-state index in [9.17, 15) is 9.59 Å². The molecule has 0 aliphatic rings. The zero-order valence-electron chi connectivity index (χ0n) is 14.3. The minimum Gasteiger partial charge on any atom is -0.351 e. The monoisotopic (exact) mass is 332 g/mol. The molecule has 0 atom stereocenters. The van der Waals surface area contributed by atoms with E-state index < -0.39 is 0 Å². The van der Waals surface area contributed by atoms with E-state index in [-0.39, 0.29) is 24.8 Å². The van der Waals surface area contributed by atoms with Crippen molar-refractivity contribution in [3.8, 4) is 0 Å². The van der Waals surface area contributed by atoms with Crippen LogP contribution in [0, 0.1) is 6.92 Å². The molecule has 0 aliphatic heterocycles. The summed E-state index contributed by atoms with van der Waals surface area (Å²) < 4.78 is 1.90. The molecule has 0 saturated heterocycles. The lowest BCUT2D eigenvalue weighted by molar-refractivity contribution is -0.116. The van der Waals surface area contributed by atoms with Gasteiger partial charge in [0.2, 0.25) is 11.9 Å². The van der Waals surface area contributed by atoms with Gasteiger partial charge in [0, 0.05) is 31.1 Å². The van der Waals surface area contributed by atoms with Crippen LogP contribution in [-0.4, -0.2) is 38.1 Å². The Kier molecular flexibility index (Phi) is 6.11. The Bertz CT molecular complexity index is 673. The Morgan fingerprint density at radius 3 is 2.71 bits per heavy atom. The van der Waals surface area contributed by atoms with Gasteiger partial charge in [0.25, 0.3) is 5.91 Å². The fourth-order valence-electron chi connectivity index (χ4n) is 2.56. The highest BCUT2D eigenvalue weighted by molar-refractivity contribution is 5.95. The second kappa shape index (κ2) is 8.28. The minimum absolute atomic E-state index is 0.173. The maximum atomic E-state index is 12.3. The van der Waals surface area contributed by atoms with E-state index in [0.29, 0.717) is 17.6 Å². The van der Waals surface area contributed by atoms with E-state index in [2.05, 4.69) is 39.5 Å². The fourth-order valence-corrected chi connectivity index (χ4v) is 2.56. The number of hydrogen-bond acceptors (Lipinski definition) is 4. The van der Waals surface area contributed by atoms with E-state index >= 15 is 0 Å². The first kappa shape index (κ1) is 17.7. The highest BCUT2D eigenvalue weighted by atomic mass is 16.2. The molecule has 0 radical (unpaired) electrons. The molecule has 24 heavy (non-hydrogen) atoms. The van der Waals surface area contributed by atoms with Gasteiger partial charge in [-0.25, -0.2) is 4.98 Å². The van der Waals surface area contributed by atoms with Crippen LogP contribution < -0.4 is 10.6 Å². The van der Waals surface area contributed by atoms with E-state index in [4.69, 9.17) is 0 Å². The Labute approximate surface area is 141 Å². The number of H-pyrrole nitrogens is 1. The lowest BCUT2D eigenvalue weighted by atomic mass is 10.1. The number of carbonyl (C=O) groups excluding carboxylic acids is 2. The summed E-state index contributed by atoms with van der Waals surface area (Å²) in [6.07, 6.45) is 6.87. The predicted octanol–water partition coefficient (Wildman–Crippen LogP) is 2.03. The maximum absolute atomic E-state index is 12.3. The van der Waals surface area contributed by atoms with E-state index in [0.717, 1.165) is 18.5 Å². The first-order valence-electron chi connectivity index (χ1n) is 8.18. The molecule has 0 saturated carbocycles. The van der Waals surface area contributed by atoms with Crippen LogP contribution in [0.15, 0.2) is 18.6 Å². The molecule has 0 bridgehead atoms. The molecule has 2 aromatic heterocycles. The van der Waals surface area contributed by atoms with Gasteiger partial charge in [-0.3, -0.25) is 19.6 Å². The van der Waals surface area contributed by atoms with Crippen molar-refractivity contribution in [1.82, 2.24) is 25.1 Å². The molecule has 130 valence electrons. The summed E-state index contributed by atoms with van der Waals surface area (Å²) in [5.74, 6) is -0.0289. The van der Waals surface area contributed by atoms with Crippen molar-refractivity contribution < 1.29 is 9.59 Å². The molecule has 0 unspecified atom stereocenters. The topological polar surface area (TPSA) is 105 Å². The quantitative estimate of drug-likeness (QED) is 0.688. The van der Waals surface area contributed by atoms with Crippen LogP contribution in [0.4, 0.5) is 5.95 Å². The normalized spacial score (nSPS) is 10.8. The summed E-state index contributed by atoms with van der Waals surface area (Å²) >= 11 is 0. The van der Waals surface area contributed by atoms with Crippen molar-refractivity contribution in [2.24, 2.45) is 0 Å². The number of imidazole rings is 1. The molecule has 2 rings (SSSR count). The van der Waals surface area contributed by atoms with Crippen LogP contribution in [0.2, 0.25) is 0 Å². The average molecular weight is 332 g/mol. The predicted molar refractivity (Wildman–Crippen MR) is 90.8 cm³/mol. The molecule has 2 aromatic rings. The highest BCUT2D eigenvalue weighted by Crippen LogP contribution is 2.19. The van der Waals surface area contributed by atoms with Gasteiger partial charge in [-0.1, -0.05) is 13.8 Å². The van der Waals surface area contributed by atoms with E-state index in [1.165, 1.54) is 0 Å². The molecule has 0 aliphatic carbocycles. The van der Waals surface area contributed by atoms with Crippen molar-refractivity contribution in [2.75, 3.05) is 11.9 Å². The third-order valence-electron chi connectivity index (χ3n) is 3.97. The van der Waals surface area contributed by atoms with Crippen LogP contribution in [0.5, 0.6) is 0 Å². The molecule has 3 N–H and O–H groups in total. The highest BCUT2D eigenvalue weighted by Gasteiger charge is 2.17. The van der Waals surface area contributed by atoms with Gasteiger partial charge in [0.1, 0.15) is 0 Å². The van der Waals surface area contributed by atoms with Gasteiger partial charge >= 0.3 is 0 Å². The summed E-state index contributed by atoms with van der Waals surface area (Å²) in [6, 6.07) is 0.297. The van der Waals surface area contributed by atoms with E-state index in [1.807, 2.05) is 11.6 Å². The van der Waals surface area contributed by atoms with Crippen LogP contribution in [-0.2, 0) is 4.79 Å². The van der Waals surface area contributed by atoms with Crippen molar-refractivity contribution in [3.63, 3.8) is 0 Å². The maximum Gasteiger partial charge on any atom is 0.254 e. The first-order valence-corrected chi connectivity index (χ1v) is 8.18. The molecule has 2 heterocycles. The van der Waals surface area contributed by atoms with E-state index in [1.54, 1.807) is 18.6 Å². The van der Waals surface area contributed by atoms with Gasteiger partial charge < -0.3 is 10.3 Å². The number of amides is 2. The van der Waals surface area contributed by atoms with Gasteiger partial charge in [-0.15, -0.1) is 0 Å². The third-order valence-corrected chi connectivity index (χ3v) is 3.97. The molecular formula is C16H24N6O2. The first-order chi connectivity index (χ1) is 11.6. The Hall–Kier alpha value is -2.64. The van der Waals surface area contributed by atoms with Gasteiger partial charge in [-0.2, -0.15) is 5.10 Å². The van der Waals surface area contributed by atoms with Crippen LogP contribution in [0.3, 0.4) is 0 Å². The van der Waals surface area contributed by atoms with Crippen molar-refractivity contribution in [3.05, 3.63) is 29.8 Å². The number of nitrogens with one attached hydrogen (secondary N) is 3. The summed E-state index contributed by atoms with van der Waals surface area (Å²) in [4.78, 5) is 30.7. The fraction of sp³-hybridized carbons (Fsp3) is 0.500. The molecule has 2 amide bonds. The summed E-state index contributed by atoms with van der Waals surface area (Å²) in [5.41, 5.74) is 1.40. The zero-order chi connectivity index (χ0) is 17.5. The van der Waals surface area contributed by atoms with Gasteiger partial charge in [-0.05, 0) is 19.8 Å². The molecule has 8 nitrogen and oxygen atoms in total. The number of aromatic amines is 1. The number of hydrogen-bond donors (Lipinski definition) is 3. The number of anilines is 1. The molecular weight excluding hydrogens is 308 g/mol. The Balaban J connectivity index is 1.85.